The molecule has 0 spiro atoms. The van der Waals surface area contributed by atoms with E-state index in [1.807, 2.05) is 18.2 Å². The van der Waals surface area contributed by atoms with E-state index >= 15 is 0 Å². The first-order chi connectivity index (χ1) is 7.12. The van der Waals surface area contributed by atoms with E-state index in [0.717, 1.165) is 24.5 Å². The highest BCUT2D eigenvalue weighted by atomic mass is 16.5. The Morgan fingerprint density at radius 3 is 2.87 bits per heavy atom. The molecule has 0 saturated carbocycles. The maximum Gasteiger partial charge on any atom is 0.143 e. The van der Waals surface area contributed by atoms with Crippen LogP contribution >= 0.6 is 0 Å². The quantitative estimate of drug-likeness (QED) is 0.799. The van der Waals surface area contributed by atoms with E-state index in [-0.39, 0.29) is 5.60 Å². The number of para-hydroxylation sites is 2. The van der Waals surface area contributed by atoms with Crippen LogP contribution in [0.5, 0.6) is 5.75 Å². The van der Waals surface area contributed by atoms with Gasteiger partial charge in [-0.05, 0) is 26.0 Å². The van der Waals surface area contributed by atoms with Crippen molar-refractivity contribution in [1.29, 1.82) is 0 Å². The number of nitrogens with zero attached hydrogens (tertiary/aromatic N) is 1. The molecule has 15 heavy (non-hydrogen) atoms. The first kappa shape index (κ1) is 10.3. The predicted octanol–water partition coefficient (Wildman–Crippen LogP) is 1.62. The molecule has 1 aliphatic heterocycles. The zero-order chi connectivity index (χ0) is 10.9. The highest BCUT2D eigenvalue weighted by molar-refractivity contribution is 5.60. The Morgan fingerprint density at radius 1 is 1.40 bits per heavy atom. The van der Waals surface area contributed by atoms with Gasteiger partial charge in [-0.3, -0.25) is 0 Å². The molecule has 0 unspecified atom stereocenters. The van der Waals surface area contributed by atoms with Gasteiger partial charge in [-0.2, -0.15) is 0 Å². The molecule has 0 fully saturated rings. The second-order valence-corrected chi connectivity index (χ2v) is 4.54. The van der Waals surface area contributed by atoms with Gasteiger partial charge < -0.3 is 15.4 Å². The van der Waals surface area contributed by atoms with Gasteiger partial charge in [0.05, 0.1) is 12.2 Å². The molecule has 0 amide bonds. The SMILES string of the molecule is CC1(C)CN(CCN)c2ccccc2O1. The maximum atomic E-state index is 5.91. The van der Waals surface area contributed by atoms with Crippen LogP contribution in [0.15, 0.2) is 24.3 Å². The molecule has 0 saturated heterocycles. The normalized spacial score (nSPS) is 18.2. The molecule has 0 bridgehead atoms. The summed E-state index contributed by atoms with van der Waals surface area (Å²) >= 11 is 0. The van der Waals surface area contributed by atoms with Gasteiger partial charge in [-0.1, -0.05) is 12.1 Å². The van der Waals surface area contributed by atoms with Crippen LogP contribution in [0.3, 0.4) is 0 Å². The fourth-order valence-electron chi connectivity index (χ4n) is 2.03. The minimum atomic E-state index is -0.135. The van der Waals surface area contributed by atoms with Gasteiger partial charge in [0.1, 0.15) is 11.4 Å². The average molecular weight is 206 g/mol. The summed E-state index contributed by atoms with van der Waals surface area (Å²) in [5, 5.41) is 0. The summed E-state index contributed by atoms with van der Waals surface area (Å²) in [5.74, 6) is 0.960. The van der Waals surface area contributed by atoms with E-state index in [2.05, 4.69) is 24.8 Å². The summed E-state index contributed by atoms with van der Waals surface area (Å²) in [5.41, 5.74) is 6.64. The molecular formula is C12H18N2O. The van der Waals surface area contributed by atoms with Crippen molar-refractivity contribution < 1.29 is 4.74 Å². The Labute approximate surface area is 90.8 Å². The largest absolute Gasteiger partial charge is 0.484 e. The molecule has 3 nitrogen and oxygen atoms in total. The van der Waals surface area contributed by atoms with Crippen molar-refractivity contribution in [1.82, 2.24) is 0 Å². The molecule has 1 heterocycles. The summed E-state index contributed by atoms with van der Waals surface area (Å²) in [6.07, 6.45) is 0. The number of anilines is 1. The van der Waals surface area contributed by atoms with Crippen LogP contribution in [-0.4, -0.2) is 25.2 Å². The van der Waals surface area contributed by atoms with E-state index in [4.69, 9.17) is 10.5 Å². The number of fused-ring (bicyclic) bond motifs is 1. The third-order valence-electron chi connectivity index (χ3n) is 2.56. The molecule has 3 heteroatoms. The third-order valence-corrected chi connectivity index (χ3v) is 2.56. The molecule has 1 aliphatic rings. The van der Waals surface area contributed by atoms with Crippen molar-refractivity contribution in [3.05, 3.63) is 24.3 Å². The van der Waals surface area contributed by atoms with E-state index < -0.39 is 0 Å². The highest BCUT2D eigenvalue weighted by Crippen LogP contribution is 2.36. The molecule has 0 aromatic heterocycles. The Kier molecular flexibility index (Phi) is 2.57. The Bertz CT molecular complexity index is 349. The number of rotatable bonds is 2. The summed E-state index contributed by atoms with van der Waals surface area (Å²) in [7, 11) is 0. The average Bonchev–Trinajstić information content (AvgIpc) is 2.16. The van der Waals surface area contributed by atoms with Crippen molar-refractivity contribution in [2.24, 2.45) is 5.73 Å². The van der Waals surface area contributed by atoms with Gasteiger partial charge in [-0.15, -0.1) is 0 Å². The molecule has 1 aromatic rings. The Balaban J connectivity index is 2.34. The van der Waals surface area contributed by atoms with Crippen molar-refractivity contribution in [3.63, 3.8) is 0 Å². The summed E-state index contributed by atoms with van der Waals surface area (Å²) in [4.78, 5) is 2.29. The van der Waals surface area contributed by atoms with Crippen LogP contribution < -0.4 is 15.4 Å². The van der Waals surface area contributed by atoms with Gasteiger partial charge >= 0.3 is 0 Å². The van der Waals surface area contributed by atoms with Gasteiger partial charge in [0.25, 0.3) is 0 Å². The fraction of sp³-hybridized carbons (Fsp3) is 0.500. The number of ether oxygens (including phenoxy) is 1. The third kappa shape index (κ3) is 2.07. The molecule has 1 aromatic carbocycles. The standard InChI is InChI=1S/C12H18N2O/c1-12(2)9-14(8-7-13)10-5-3-4-6-11(10)15-12/h3-6H,7-9,13H2,1-2H3. The smallest absolute Gasteiger partial charge is 0.143 e. The minimum Gasteiger partial charge on any atom is -0.484 e. The lowest BCUT2D eigenvalue weighted by Gasteiger charge is -2.40. The van der Waals surface area contributed by atoms with Crippen LogP contribution in [0.4, 0.5) is 5.69 Å². The summed E-state index contributed by atoms with van der Waals surface area (Å²) in [6.45, 7) is 6.65. The second kappa shape index (κ2) is 3.74. The van der Waals surface area contributed by atoms with E-state index in [0.29, 0.717) is 6.54 Å². The van der Waals surface area contributed by atoms with Crippen LogP contribution in [0.2, 0.25) is 0 Å². The Hall–Kier alpha value is -1.22. The summed E-state index contributed by atoms with van der Waals surface area (Å²) < 4.78 is 5.91. The van der Waals surface area contributed by atoms with E-state index in [9.17, 15) is 0 Å². The maximum absolute atomic E-state index is 5.91. The lowest BCUT2D eigenvalue weighted by molar-refractivity contribution is 0.105. The molecular weight excluding hydrogens is 188 g/mol. The topological polar surface area (TPSA) is 38.5 Å². The fourth-order valence-corrected chi connectivity index (χ4v) is 2.03. The van der Waals surface area contributed by atoms with E-state index in [1.54, 1.807) is 0 Å². The molecule has 0 aliphatic carbocycles. The van der Waals surface area contributed by atoms with Crippen molar-refractivity contribution in [2.45, 2.75) is 19.4 Å². The van der Waals surface area contributed by atoms with Crippen LogP contribution in [0.1, 0.15) is 13.8 Å². The van der Waals surface area contributed by atoms with Crippen molar-refractivity contribution in [2.75, 3.05) is 24.5 Å². The van der Waals surface area contributed by atoms with Crippen LogP contribution in [-0.2, 0) is 0 Å². The number of nitrogens with two attached hydrogens (primary N) is 1. The van der Waals surface area contributed by atoms with Gasteiger partial charge in [0.15, 0.2) is 0 Å². The molecule has 2 N–H and O–H groups in total. The van der Waals surface area contributed by atoms with Gasteiger partial charge in [0.2, 0.25) is 0 Å². The monoisotopic (exact) mass is 206 g/mol. The second-order valence-electron chi connectivity index (χ2n) is 4.54. The highest BCUT2D eigenvalue weighted by Gasteiger charge is 2.30. The van der Waals surface area contributed by atoms with Gasteiger partial charge in [-0.25, -0.2) is 0 Å². The molecule has 0 atom stereocenters. The van der Waals surface area contributed by atoms with Gasteiger partial charge in [0, 0.05) is 13.1 Å². The molecule has 82 valence electrons. The molecule has 2 rings (SSSR count). The lowest BCUT2D eigenvalue weighted by Crippen LogP contribution is -2.48. The Morgan fingerprint density at radius 2 is 2.13 bits per heavy atom. The van der Waals surface area contributed by atoms with E-state index in [1.165, 1.54) is 0 Å². The zero-order valence-electron chi connectivity index (χ0n) is 9.36. The summed E-state index contributed by atoms with van der Waals surface area (Å²) in [6, 6.07) is 8.13. The minimum absolute atomic E-state index is 0.135. The van der Waals surface area contributed by atoms with Crippen LogP contribution in [0, 0.1) is 0 Å². The lowest BCUT2D eigenvalue weighted by atomic mass is 10.1. The number of benzene rings is 1. The van der Waals surface area contributed by atoms with Crippen LogP contribution in [0.25, 0.3) is 0 Å². The first-order valence-electron chi connectivity index (χ1n) is 5.35. The zero-order valence-corrected chi connectivity index (χ0v) is 9.36. The molecule has 0 radical (unpaired) electrons. The van der Waals surface area contributed by atoms with Crippen molar-refractivity contribution in [3.8, 4) is 5.75 Å². The van der Waals surface area contributed by atoms with Crippen molar-refractivity contribution >= 4 is 5.69 Å². The number of hydrogen-bond acceptors (Lipinski definition) is 3. The number of hydrogen-bond donors (Lipinski definition) is 1. The first-order valence-corrected chi connectivity index (χ1v) is 5.35. The predicted molar refractivity (Wildman–Crippen MR) is 62.4 cm³/mol.